The maximum atomic E-state index is 6.22. The summed E-state index contributed by atoms with van der Waals surface area (Å²) in [4.78, 5) is 13.1. The van der Waals surface area contributed by atoms with Gasteiger partial charge in [-0.25, -0.2) is 9.97 Å². The van der Waals surface area contributed by atoms with E-state index in [1.54, 1.807) is 6.20 Å². The molecule has 0 radical (unpaired) electrons. The highest BCUT2D eigenvalue weighted by Crippen LogP contribution is 2.25. The van der Waals surface area contributed by atoms with Crippen LogP contribution in [0.3, 0.4) is 0 Å². The van der Waals surface area contributed by atoms with Crippen molar-refractivity contribution >= 4 is 11.6 Å². The van der Waals surface area contributed by atoms with E-state index in [2.05, 4.69) is 28.8 Å². The van der Waals surface area contributed by atoms with Crippen LogP contribution in [0.2, 0.25) is 5.15 Å². The van der Waals surface area contributed by atoms with E-state index >= 15 is 0 Å². The number of pyridine rings is 1. The predicted octanol–water partition coefficient (Wildman–Crippen LogP) is 3.55. The van der Waals surface area contributed by atoms with Crippen LogP contribution in [0, 0.1) is 6.92 Å². The molecule has 0 amide bonds. The Morgan fingerprint density at radius 1 is 1.22 bits per heavy atom. The summed E-state index contributed by atoms with van der Waals surface area (Å²) < 4.78 is 0. The third kappa shape index (κ3) is 2.85. The Hall–Kier alpha value is -1.48. The second-order valence-electron chi connectivity index (χ2n) is 4.58. The van der Waals surface area contributed by atoms with Crippen molar-refractivity contribution in [2.24, 2.45) is 0 Å². The van der Waals surface area contributed by atoms with E-state index in [9.17, 15) is 0 Å². The van der Waals surface area contributed by atoms with E-state index in [-0.39, 0.29) is 0 Å². The Kier molecular flexibility index (Phi) is 3.92. The molecule has 0 unspecified atom stereocenters. The minimum atomic E-state index is 0.335. The fourth-order valence-electron chi connectivity index (χ4n) is 2.00. The summed E-state index contributed by atoms with van der Waals surface area (Å²) in [5.41, 5.74) is 2.93. The first-order valence-corrected chi connectivity index (χ1v) is 6.38. The fraction of sp³-hybridized carbons (Fsp3) is 0.357. The molecule has 0 bridgehead atoms. The Bertz CT molecular complexity index is 515. The quantitative estimate of drug-likeness (QED) is 0.793. The van der Waals surface area contributed by atoms with Gasteiger partial charge in [-0.15, -0.1) is 0 Å². The van der Waals surface area contributed by atoms with Crippen molar-refractivity contribution < 1.29 is 0 Å². The average molecular weight is 262 g/mol. The molecular weight excluding hydrogens is 246 g/mol. The third-order valence-corrected chi connectivity index (χ3v) is 3.07. The smallest absolute Gasteiger partial charge is 0.136 e. The summed E-state index contributed by atoms with van der Waals surface area (Å²) in [5, 5.41) is 0.559. The number of hydrogen-bond donors (Lipinski definition) is 0. The van der Waals surface area contributed by atoms with Crippen LogP contribution in [0.4, 0.5) is 0 Å². The van der Waals surface area contributed by atoms with Crippen molar-refractivity contribution in [1.82, 2.24) is 15.0 Å². The third-order valence-electron chi connectivity index (χ3n) is 2.78. The first-order valence-electron chi connectivity index (χ1n) is 6.00. The molecule has 18 heavy (non-hydrogen) atoms. The van der Waals surface area contributed by atoms with Crippen molar-refractivity contribution in [2.75, 3.05) is 0 Å². The maximum Gasteiger partial charge on any atom is 0.136 e. The Balaban J connectivity index is 2.31. The second kappa shape index (κ2) is 5.44. The van der Waals surface area contributed by atoms with Crippen LogP contribution in [-0.2, 0) is 6.42 Å². The molecule has 3 nitrogen and oxygen atoms in total. The Labute approximate surface area is 112 Å². The Morgan fingerprint density at radius 3 is 2.56 bits per heavy atom. The summed E-state index contributed by atoms with van der Waals surface area (Å²) >= 11 is 6.22. The molecule has 4 heteroatoms. The van der Waals surface area contributed by atoms with Crippen LogP contribution in [0.1, 0.15) is 42.5 Å². The summed E-state index contributed by atoms with van der Waals surface area (Å²) in [6.07, 6.45) is 2.38. The topological polar surface area (TPSA) is 38.7 Å². The van der Waals surface area contributed by atoms with Crippen molar-refractivity contribution in [3.63, 3.8) is 0 Å². The van der Waals surface area contributed by atoms with Gasteiger partial charge in [0.2, 0.25) is 0 Å². The zero-order valence-electron chi connectivity index (χ0n) is 10.8. The van der Waals surface area contributed by atoms with E-state index in [4.69, 9.17) is 11.6 Å². The molecule has 0 fully saturated rings. The monoisotopic (exact) mass is 261 g/mol. The van der Waals surface area contributed by atoms with Crippen LogP contribution in [-0.4, -0.2) is 15.0 Å². The van der Waals surface area contributed by atoms with Crippen LogP contribution >= 0.6 is 11.6 Å². The molecule has 0 aromatic carbocycles. The average Bonchev–Trinajstić information content (AvgIpc) is 2.28. The lowest BCUT2D eigenvalue weighted by Gasteiger charge is -2.12. The van der Waals surface area contributed by atoms with Gasteiger partial charge in [-0.1, -0.05) is 31.5 Å². The summed E-state index contributed by atoms with van der Waals surface area (Å²) in [6, 6.07) is 5.81. The van der Waals surface area contributed by atoms with Crippen LogP contribution < -0.4 is 0 Å². The number of rotatable bonds is 3. The van der Waals surface area contributed by atoms with E-state index in [0.717, 1.165) is 22.8 Å². The van der Waals surface area contributed by atoms with Crippen LogP contribution in [0.5, 0.6) is 0 Å². The molecule has 0 saturated heterocycles. The maximum absolute atomic E-state index is 6.22. The number of aromatic nitrogens is 3. The van der Waals surface area contributed by atoms with Crippen molar-refractivity contribution in [1.29, 1.82) is 0 Å². The standard InChI is InChI=1S/C14H16ClN3/c1-9(2)13-10(3)17-12(18-14(13)15)8-11-6-4-5-7-16-11/h4-7,9H,8H2,1-3H3. The van der Waals surface area contributed by atoms with Gasteiger partial charge in [0.05, 0.1) is 6.42 Å². The number of hydrogen-bond acceptors (Lipinski definition) is 3. The largest absolute Gasteiger partial charge is 0.261 e. The lowest BCUT2D eigenvalue weighted by molar-refractivity contribution is 0.807. The number of aryl methyl sites for hydroxylation is 1. The van der Waals surface area contributed by atoms with E-state index in [1.165, 1.54) is 0 Å². The minimum Gasteiger partial charge on any atom is -0.261 e. The van der Waals surface area contributed by atoms with Gasteiger partial charge >= 0.3 is 0 Å². The highest BCUT2D eigenvalue weighted by atomic mass is 35.5. The molecule has 0 spiro atoms. The zero-order chi connectivity index (χ0) is 13.1. The molecule has 2 aromatic heterocycles. The lowest BCUT2D eigenvalue weighted by atomic mass is 10.0. The molecule has 0 aliphatic carbocycles. The highest BCUT2D eigenvalue weighted by molar-refractivity contribution is 6.30. The van der Waals surface area contributed by atoms with Crippen molar-refractivity contribution in [2.45, 2.75) is 33.1 Å². The van der Waals surface area contributed by atoms with E-state index in [1.807, 2.05) is 25.1 Å². The molecule has 2 heterocycles. The minimum absolute atomic E-state index is 0.335. The molecule has 0 saturated carbocycles. The predicted molar refractivity (Wildman–Crippen MR) is 72.9 cm³/mol. The van der Waals surface area contributed by atoms with Crippen LogP contribution in [0.25, 0.3) is 0 Å². The highest BCUT2D eigenvalue weighted by Gasteiger charge is 2.13. The first-order chi connectivity index (χ1) is 8.58. The SMILES string of the molecule is Cc1nc(Cc2ccccn2)nc(Cl)c1C(C)C. The molecule has 94 valence electrons. The second-order valence-corrected chi connectivity index (χ2v) is 4.94. The molecular formula is C14H16ClN3. The molecule has 2 aromatic rings. The lowest BCUT2D eigenvalue weighted by Crippen LogP contribution is -2.05. The van der Waals surface area contributed by atoms with Crippen molar-refractivity contribution in [3.05, 3.63) is 52.3 Å². The molecule has 2 rings (SSSR count). The number of nitrogens with zero attached hydrogens (tertiary/aromatic N) is 3. The van der Waals surface area contributed by atoms with E-state index in [0.29, 0.717) is 17.5 Å². The fourth-order valence-corrected chi connectivity index (χ4v) is 2.45. The van der Waals surface area contributed by atoms with Gasteiger partial charge in [0.1, 0.15) is 11.0 Å². The van der Waals surface area contributed by atoms with Gasteiger partial charge in [0, 0.05) is 23.1 Å². The molecule has 0 aliphatic heterocycles. The number of halogens is 1. The molecule has 0 N–H and O–H groups in total. The van der Waals surface area contributed by atoms with Gasteiger partial charge in [-0.05, 0) is 25.0 Å². The zero-order valence-corrected chi connectivity index (χ0v) is 11.6. The normalized spacial score (nSPS) is 10.9. The van der Waals surface area contributed by atoms with Gasteiger partial charge in [-0.3, -0.25) is 4.98 Å². The van der Waals surface area contributed by atoms with E-state index < -0.39 is 0 Å². The summed E-state index contributed by atoms with van der Waals surface area (Å²) in [7, 11) is 0. The van der Waals surface area contributed by atoms with Gasteiger partial charge in [-0.2, -0.15) is 0 Å². The Morgan fingerprint density at radius 2 is 2.00 bits per heavy atom. The summed E-state index contributed by atoms with van der Waals surface area (Å²) in [6.45, 7) is 6.16. The summed E-state index contributed by atoms with van der Waals surface area (Å²) in [5.74, 6) is 1.06. The van der Waals surface area contributed by atoms with Gasteiger partial charge in [0.25, 0.3) is 0 Å². The van der Waals surface area contributed by atoms with Crippen LogP contribution in [0.15, 0.2) is 24.4 Å². The first kappa shape index (κ1) is 13.0. The molecule has 0 atom stereocenters. The van der Waals surface area contributed by atoms with Crippen molar-refractivity contribution in [3.8, 4) is 0 Å². The van der Waals surface area contributed by atoms with Gasteiger partial charge in [0.15, 0.2) is 0 Å². The molecule has 0 aliphatic rings. The van der Waals surface area contributed by atoms with Gasteiger partial charge < -0.3 is 0 Å².